The van der Waals surface area contributed by atoms with Crippen molar-refractivity contribution in [2.75, 3.05) is 20.8 Å². The van der Waals surface area contributed by atoms with E-state index in [1.54, 1.807) is 18.2 Å². The van der Waals surface area contributed by atoms with Gasteiger partial charge in [0, 0.05) is 12.7 Å². The van der Waals surface area contributed by atoms with E-state index in [1.165, 1.54) is 14.2 Å². The number of carbonyl (C=O) groups is 2. The summed E-state index contributed by atoms with van der Waals surface area (Å²) in [6, 6.07) is 8.11. The Morgan fingerprint density at radius 3 is 2.00 bits per heavy atom. The number of hydrogen-bond acceptors (Lipinski definition) is 5. The number of amides is 2. The van der Waals surface area contributed by atoms with Gasteiger partial charge < -0.3 is 25.2 Å². The fourth-order valence-electron chi connectivity index (χ4n) is 3.63. The molecule has 0 saturated heterocycles. The molecule has 0 saturated carbocycles. The van der Waals surface area contributed by atoms with E-state index in [0.717, 1.165) is 42.6 Å². The van der Waals surface area contributed by atoms with E-state index in [2.05, 4.69) is 15.6 Å². The molecule has 0 aliphatic heterocycles. The Kier molecular flexibility index (Phi) is 11.8. The molecular weight excluding hydrogens is 617 g/mol. The lowest BCUT2D eigenvalue weighted by atomic mass is 9.98. The molecule has 1 aromatic heterocycles. The number of aromatic nitrogens is 1. The maximum atomic E-state index is 13.7. The Labute approximate surface area is 243 Å². The Hall–Kier alpha value is -4.70. The molecule has 0 aliphatic rings. The standard InChI is InChI=1S/C25H23F6N3O3.C2HF3O2/c1-36-18-9-10-20(37-2)16(14-18)11-13-33-23(35)34-21(15-5-7-17(8-6-15)24(26,27)28)22-19(25(29,30)31)4-3-12-32-22;3-2(4,5)1(6)7/h3-10,12,14,21H,11,13H2,1-2H3,(H2,33,34,35);(H,6,7)/t21-;/m0./s1. The average molecular weight is 641 g/mol. The smallest absolute Gasteiger partial charge is 0.490 e. The fourth-order valence-corrected chi connectivity index (χ4v) is 3.63. The molecule has 2 amide bonds. The maximum absolute atomic E-state index is 13.7. The number of carboxylic acids is 1. The van der Waals surface area contributed by atoms with Gasteiger partial charge in [-0.15, -0.1) is 0 Å². The van der Waals surface area contributed by atoms with Gasteiger partial charge in [-0.1, -0.05) is 12.1 Å². The van der Waals surface area contributed by atoms with Crippen LogP contribution in [0.25, 0.3) is 0 Å². The number of hydrogen-bond donors (Lipinski definition) is 3. The van der Waals surface area contributed by atoms with Gasteiger partial charge in [0.05, 0.1) is 37.1 Å². The lowest BCUT2D eigenvalue weighted by Crippen LogP contribution is -2.40. The lowest BCUT2D eigenvalue weighted by Gasteiger charge is -2.23. The molecule has 0 unspecified atom stereocenters. The van der Waals surface area contributed by atoms with Crippen LogP contribution in [0.2, 0.25) is 0 Å². The second-order valence-corrected chi connectivity index (χ2v) is 8.62. The molecule has 17 heteroatoms. The summed E-state index contributed by atoms with van der Waals surface area (Å²) in [6.45, 7) is 0.0729. The maximum Gasteiger partial charge on any atom is 0.490 e. The largest absolute Gasteiger partial charge is 0.497 e. The molecule has 1 atom stereocenters. The number of ether oxygens (including phenoxy) is 2. The number of nitrogens with zero attached hydrogens (tertiary/aromatic N) is 1. The molecule has 8 nitrogen and oxygen atoms in total. The van der Waals surface area contributed by atoms with Crippen LogP contribution in [0, 0.1) is 0 Å². The molecule has 44 heavy (non-hydrogen) atoms. The van der Waals surface area contributed by atoms with Crippen LogP contribution in [-0.4, -0.2) is 49.0 Å². The predicted molar refractivity (Wildman–Crippen MR) is 136 cm³/mol. The van der Waals surface area contributed by atoms with E-state index in [0.29, 0.717) is 23.5 Å². The van der Waals surface area contributed by atoms with Crippen molar-refractivity contribution in [1.82, 2.24) is 15.6 Å². The third-order valence-corrected chi connectivity index (χ3v) is 5.67. The van der Waals surface area contributed by atoms with E-state index in [9.17, 15) is 44.3 Å². The van der Waals surface area contributed by atoms with E-state index in [1.807, 2.05) is 0 Å². The van der Waals surface area contributed by atoms with Crippen molar-refractivity contribution in [1.29, 1.82) is 0 Å². The van der Waals surface area contributed by atoms with Crippen LogP contribution >= 0.6 is 0 Å². The first kappa shape index (κ1) is 35.5. The van der Waals surface area contributed by atoms with Gasteiger partial charge in [0.25, 0.3) is 0 Å². The van der Waals surface area contributed by atoms with Crippen LogP contribution in [0.15, 0.2) is 60.8 Å². The minimum absolute atomic E-state index is 0.0122. The van der Waals surface area contributed by atoms with Crippen LogP contribution in [0.5, 0.6) is 11.5 Å². The van der Waals surface area contributed by atoms with Crippen LogP contribution in [0.1, 0.15) is 34.0 Å². The number of alkyl halides is 9. The zero-order valence-electron chi connectivity index (χ0n) is 22.7. The molecule has 1 heterocycles. The molecule has 3 N–H and O–H groups in total. The van der Waals surface area contributed by atoms with E-state index >= 15 is 0 Å². The highest BCUT2D eigenvalue weighted by Crippen LogP contribution is 2.36. The average Bonchev–Trinajstić information content (AvgIpc) is 2.95. The quantitative estimate of drug-likeness (QED) is 0.246. The summed E-state index contributed by atoms with van der Waals surface area (Å²) in [4.78, 5) is 25.4. The Bertz CT molecular complexity index is 1410. The number of urea groups is 1. The molecule has 240 valence electrons. The molecule has 3 aromatic rings. The van der Waals surface area contributed by atoms with Gasteiger partial charge in [-0.25, -0.2) is 9.59 Å². The normalized spacial score (nSPS) is 12.3. The van der Waals surface area contributed by atoms with Crippen LogP contribution in [-0.2, 0) is 23.6 Å². The second-order valence-electron chi connectivity index (χ2n) is 8.62. The minimum Gasteiger partial charge on any atom is -0.497 e. The van der Waals surface area contributed by atoms with Gasteiger partial charge in [0.1, 0.15) is 11.5 Å². The summed E-state index contributed by atoms with van der Waals surface area (Å²) in [5.41, 5.74) is -1.96. The summed E-state index contributed by atoms with van der Waals surface area (Å²) in [5, 5.41) is 12.1. The first-order valence-corrected chi connectivity index (χ1v) is 12.1. The predicted octanol–water partition coefficient (Wildman–Crippen LogP) is 6.40. The molecule has 0 aliphatic carbocycles. The Morgan fingerprint density at radius 2 is 1.50 bits per heavy atom. The van der Waals surface area contributed by atoms with Crippen molar-refractivity contribution >= 4 is 12.0 Å². The van der Waals surface area contributed by atoms with Crippen LogP contribution in [0.4, 0.5) is 44.3 Å². The third kappa shape index (κ3) is 10.2. The second kappa shape index (κ2) is 14.7. The zero-order chi connectivity index (χ0) is 33.3. The molecule has 0 radical (unpaired) electrons. The van der Waals surface area contributed by atoms with Crippen molar-refractivity contribution in [3.05, 3.63) is 88.7 Å². The lowest BCUT2D eigenvalue weighted by molar-refractivity contribution is -0.192. The molecule has 0 spiro atoms. The SMILES string of the molecule is COc1ccc(OC)c(CCNC(=O)N[C@@H](c2ccc(C(F)(F)F)cc2)c2ncccc2C(F)(F)F)c1.O=C(O)C(F)(F)F. The van der Waals surface area contributed by atoms with Crippen molar-refractivity contribution in [2.45, 2.75) is 31.0 Å². The van der Waals surface area contributed by atoms with Gasteiger partial charge in [-0.2, -0.15) is 39.5 Å². The van der Waals surface area contributed by atoms with Gasteiger partial charge in [0.2, 0.25) is 0 Å². The number of pyridine rings is 1. The van der Waals surface area contributed by atoms with Crippen molar-refractivity contribution < 1.29 is 63.7 Å². The number of carboxylic acid groups (broad SMARTS) is 1. The highest BCUT2D eigenvalue weighted by Gasteiger charge is 2.39. The van der Waals surface area contributed by atoms with E-state index < -0.39 is 53.4 Å². The summed E-state index contributed by atoms with van der Waals surface area (Å²) in [5.74, 6) is -1.64. The molecule has 0 fully saturated rings. The first-order valence-electron chi connectivity index (χ1n) is 12.1. The third-order valence-electron chi connectivity index (χ3n) is 5.67. The summed E-state index contributed by atoms with van der Waals surface area (Å²) in [7, 11) is 2.97. The zero-order valence-corrected chi connectivity index (χ0v) is 22.7. The molecular formula is C27H24F9N3O5. The minimum atomic E-state index is -5.08. The van der Waals surface area contributed by atoms with E-state index in [-0.39, 0.29) is 12.1 Å². The van der Waals surface area contributed by atoms with Gasteiger partial charge >= 0.3 is 30.5 Å². The highest BCUT2D eigenvalue weighted by molar-refractivity contribution is 5.75. The van der Waals surface area contributed by atoms with Crippen molar-refractivity contribution in [2.24, 2.45) is 0 Å². The first-order chi connectivity index (χ1) is 20.4. The fraction of sp³-hybridized carbons (Fsp3) is 0.296. The number of carbonyl (C=O) groups excluding carboxylic acids is 1. The van der Waals surface area contributed by atoms with Gasteiger partial charge in [0.15, 0.2) is 0 Å². The number of benzene rings is 2. The number of rotatable bonds is 8. The number of methoxy groups -OCH3 is 2. The molecule has 0 bridgehead atoms. The molecule has 2 aromatic carbocycles. The number of nitrogens with one attached hydrogen (secondary N) is 2. The van der Waals surface area contributed by atoms with E-state index in [4.69, 9.17) is 19.4 Å². The Balaban J connectivity index is 0.000000860. The van der Waals surface area contributed by atoms with Crippen LogP contribution in [0.3, 0.4) is 0 Å². The summed E-state index contributed by atoms with van der Waals surface area (Å²) < 4.78 is 122. The van der Waals surface area contributed by atoms with Gasteiger partial charge in [-0.3, -0.25) is 4.98 Å². The van der Waals surface area contributed by atoms with Crippen molar-refractivity contribution in [3.8, 4) is 11.5 Å². The van der Waals surface area contributed by atoms with Crippen molar-refractivity contribution in [3.63, 3.8) is 0 Å². The summed E-state index contributed by atoms with van der Waals surface area (Å²) in [6.07, 6.45) is -13.1. The van der Waals surface area contributed by atoms with Gasteiger partial charge in [-0.05, 0) is 60.0 Å². The number of halogens is 9. The summed E-state index contributed by atoms with van der Waals surface area (Å²) >= 11 is 0. The topological polar surface area (TPSA) is 110 Å². The highest BCUT2D eigenvalue weighted by atomic mass is 19.4. The monoisotopic (exact) mass is 641 g/mol. The van der Waals surface area contributed by atoms with Crippen LogP contribution < -0.4 is 20.1 Å². The Morgan fingerprint density at radius 1 is 0.886 bits per heavy atom. The molecule has 3 rings (SSSR count). The number of aliphatic carboxylic acids is 1.